The minimum atomic E-state index is -1.21. The van der Waals surface area contributed by atoms with Gasteiger partial charge >= 0.3 is 0 Å². The van der Waals surface area contributed by atoms with Gasteiger partial charge in [0.2, 0.25) is 5.91 Å². The number of nitrogens with one attached hydrogen (secondary N) is 1. The Hall–Kier alpha value is -1.91. The van der Waals surface area contributed by atoms with Crippen molar-refractivity contribution in [2.45, 2.75) is 25.9 Å². The van der Waals surface area contributed by atoms with Crippen LogP contribution in [-0.4, -0.2) is 17.6 Å². The van der Waals surface area contributed by atoms with Crippen molar-refractivity contribution in [1.29, 1.82) is 0 Å². The first-order chi connectivity index (χ1) is 11.3. The van der Waals surface area contributed by atoms with Gasteiger partial charge < -0.3 is 10.4 Å². The lowest BCUT2D eigenvalue weighted by Crippen LogP contribution is -2.41. The zero-order valence-electron chi connectivity index (χ0n) is 13.7. The highest BCUT2D eigenvalue weighted by atomic mass is 35.5. The minimum Gasteiger partial charge on any atom is -0.384 e. The fourth-order valence-corrected chi connectivity index (χ4v) is 2.56. The van der Waals surface area contributed by atoms with E-state index in [9.17, 15) is 14.3 Å². The van der Waals surface area contributed by atoms with Crippen LogP contribution in [0.5, 0.6) is 0 Å². The predicted octanol–water partition coefficient (Wildman–Crippen LogP) is 3.68. The van der Waals surface area contributed by atoms with E-state index >= 15 is 0 Å². The summed E-state index contributed by atoms with van der Waals surface area (Å²) in [4.78, 5) is 12.2. The van der Waals surface area contributed by atoms with Gasteiger partial charge in [-0.25, -0.2) is 4.39 Å². The number of aliphatic hydroxyl groups is 1. The molecule has 3 nitrogen and oxygen atoms in total. The standard InChI is InChI=1S/C19H21ClFNO2/c1-13(11-14-5-3-4-6-17(14)21)18(23)22-12-19(2,24)15-7-9-16(20)10-8-15/h3-10,13,24H,11-12H2,1-2H3,(H,22,23). The lowest BCUT2D eigenvalue weighted by molar-refractivity contribution is -0.125. The summed E-state index contributed by atoms with van der Waals surface area (Å²) in [5, 5.41) is 13.8. The van der Waals surface area contributed by atoms with Crippen molar-refractivity contribution in [3.63, 3.8) is 0 Å². The van der Waals surface area contributed by atoms with E-state index in [1.807, 2.05) is 0 Å². The molecule has 5 heteroatoms. The highest BCUT2D eigenvalue weighted by Crippen LogP contribution is 2.22. The van der Waals surface area contributed by atoms with Gasteiger partial charge in [0, 0.05) is 10.9 Å². The molecular weight excluding hydrogens is 329 g/mol. The number of rotatable bonds is 6. The summed E-state index contributed by atoms with van der Waals surface area (Å²) in [6.45, 7) is 3.42. The Kier molecular flexibility index (Phi) is 5.97. The van der Waals surface area contributed by atoms with Crippen molar-refractivity contribution in [2.75, 3.05) is 6.54 Å². The second kappa shape index (κ2) is 7.77. The number of hydrogen-bond donors (Lipinski definition) is 2. The Morgan fingerprint density at radius 3 is 2.50 bits per heavy atom. The predicted molar refractivity (Wildman–Crippen MR) is 93.3 cm³/mol. The van der Waals surface area contributed by atoms with E-state index in [1.54, 1.807) is 56.3 Å². The Bertz CT molecular complexity index is 701. The van der Waals surface area contributed by atoms with Crippen LogP contribution < -0.4 is 5.32 Å². The van der Waals surface area contributed by atoms with Crippen LogP contribution in [0.2, 0.25) is 5.02 Å². The van der Waals surface area contributed by atoms with Crippen molar-refractivity contribution < 1.29 is 14.3 Å². The van der Waals surface area contributed by atoms with Gasteiger partial charge in [-0.1, -0.05) is 48.9 Å². The lowest BCUT2D eigenvalue weighted by Gasteiger charge is -2.25. The van der Waals surface area contributed by atoms with Gasteiger partial charge in [-0.05, 0) is 42.7 Å². The first-order valence-corrected chi connectivity index (χ1v) is 8.17. The number of carbonyl (C=O) groups excluding carboxylic acids is 1. The summed E-state index contributed by atoms with van der Waals surface area (Å²) in [5.41, 5.74) is -0.0450. The van der Waals surface area contributed by atoms with Gasteiger partial charge in [0.05, 0.1) is 6.54 Å². The van der Waals surface area contributed by atoms with Crippen LogP contribution in [0.25, 0.3) is 0 Å². The molecule has 0 aliphatic rings. The van der Waals surface area contributed by atoms with Crippen molar-refractivity contribution in [3.8, 4) is 0 Å². The zero-order valence-corrected chi connectivity index (χ0v) is 14.5. The average molecular weight is 350 g/mol. The quantitative estimate of drug-likeness (QED) is 0.835. The maximum absolute atomic E-state index is 13.7. The van der Waals surface area contributed by atoms with E-state index in [1.165, 1.54) is 6.07 Å². The van der Waals surface area contributed by atoms with Crippen LogP contribution in [0.1, 0.15) is 25.0 Å². The van der Waals surface area contributed by atoms with Crippen LogP contribution in [0.15, 0.2) is 48.5 Å². The highest BCUT2D eigenvalue weighted by Gasteiger charge is 2.25. The summed E-state index contributed by atoms with van der Waals surface area (Å²) >= 11 is 5.84. The molecule has 1 amide bonds. The first kappa shape index (κ1) is 18.4. The molecule has 0 bridgehead atoms. The highest BCUT2D eigenvalue weighted by molar-refractivity contribution is 6.30. The molecular formula is C19H21ClFNO2. The van der Waals surface area contributed by atoms with Gasteiger partial charge in [0.15, 0.2) is 0 Å². The Balaban J connectivity index is 1.94. The number of halogens is 2. The van der Waals surface area contributed by atoms with Crippen LogP contribution in [0, 0.1) is 11.7 Å². The summed E-state index contributed by atoms with van der Waals surface area (Å²) in [7, 11) is 0. The van der Waals surface area contributed by atoms with Crippen molar-refractivity contribution in [3.05, 3.63) is 70.5 Å². The van der Waals surface area contributed by atoms with Crippen LogP contribution >= 0.6 is 11.6 Å². The third kappa shape index (κ3) is 4.79. The number of hydrogen-bond acceptors (Lipinski definition) is 2. The Morgan fingerprint density at radius 1 is 1.25 bits per heavy atom. The largest absolute Gasteiger partial charge is 0.384 e. The topological polar surface area (TPSA) is 49.3 Å². The maximum atomic E-state index is 13.7. The molecule has 2 aromatic rings. The second-order valence-corrected chi connectivity index (χ2v) is 6.63. The van der Waals surface area contributed by atoms with E-state index in [2.05, 4.69) is 5.32 Å². The van der Waals surface area contributed by atoms with Crippen molar-refractivity contribution in [1.82, 2.24) is 5.32 Å². The summed E-state index contributed by atoms with van der Waals surface area (Å²) in [6, 6.07) is 13.2. The van der Waals surface area contributed by atoms with Crippen LogP contribution in [-0.2, 0) is 16.8 Å². The molecule has 2 unspecified atom stereocenters. The molecule has 0 saturated carbocycles. The van der Waals surface area contributed by atoms with Crippen molar-refractivity contribution in [2.24, 2.45) is 5.92 Å². The molecule has 0 aliphatic carbocycles. The normalized spacial score (nSPS) is 14.7. The van der Waals surface area contributed by atoms with Crippen LogP contribution in [0.4, 0.5) is 4.39 Å². The molecule has 0 fully saturated rings. The van der Waals surface area contributed by atoms with E-state index in [0.717, 1.165) is 0 Å². The van der Waals surface area contributed by atoms with E-state index in [4.69, 9.17) is 11.6 Å². The maximum Gasteiger partial charge on any atom is 0.223 e. The fourth-order valence-electron chi connectivity index (χ4n) is 2.43. The molecule has 0 aromatic heterocycles. The summed E-state index contributed by atoms with van der Waals surface area (Å²) in [6.07, 6.45) is 0.307. The first-order valence-electron chi connectivity index (χ1n) is 7.79. The molecule has 2 atom stereocenters. The van der Waals surface area contributed by atoms with Gasteiger partial charge in [-0.3, -0.25) is 4.79 Å². The molecule has 2 N–H and O–H groups in total. The summed E-state index contributed by atoms with van der Waals surface area (Å²) in [5.74, 6) is -0.944. The Morgan fingerprint density at radius 2 is 1.88 bits per heavy atom. The fraction of sp³-hybridized carbons (Fsp3) is 0.316. The van der Waals surface area contributed by atoms with E-state index < -0.39 is 11.5 Å². The minimum absolute atomic E-state index is 0.0646. The zero-order chi connectivity index (χ0) is 17.7. The molecule has 0 aliphatic heterocycles. The van der Waals surface area contributed by atoms with Gasteiger partial charge in [-0.2, -0.15) is 0 Å². The van der Waals surface area contributed by atoms with Gasteiger partial charge in [0.1, 0.15) is 11.4 Å². The third-order valence-corrected chi connectivity index (χ3v) is 4.26. The average Bonchev–Trinajstić information content (AvgIpc) is 2.55. The molecule has 0 heterocycles. The van der Waals surface area contributed by atoms with Gasteiger partial charge in [-0.15, -0.1) is 0 Å². The number of carbonyl (C=O) groups is 1. The van der Waals surface area contributed by atoms with Crippen LogP contribution in [0.3, 0.4) is 0 Å². The smallest absolute Gasteiger partial charge is 0.223 e. The molecule has 2 rings (SSSR count). The number of benzene rings is 2. The number of amides is 1. The van der Waals surface area contributed by atoms with Crippen molar-refractivity contribution >= 4 is 17.5 Å². The molecule has 0 spiro atoms. The van der Waals surface area contributed by atoms with Gasteiger partial charge in [0.25, 0.3) is 0 Å². The lowest BCUT2D eigenvalue weighted by atomic mass is 9.95. The monoisotopic (exact) mass is 349 g/mol. The SMILES string of the molecule is CC(Cc1ccccc1F)C(=O)NCC(C)(O)c1ccc(Cl)cc1. The van der Waals surface area contributed by atoms with E-state index in [0.29, 0.717) is 22.6 Å². The molecule has 0 saturated heterocycles. The summed E-state index contributed by atoms with van der Waals surface area (Å²) < 4.78 is 13.7. The van der Waals surface area contributed by atoms with E-state index in [-0.39, 0.29) is 18.3 Å². The molecule has 0 radical (unpaired) electrons. The molecule has 24 heavy (non-hydrogen) atoms. The molecule has 2 aromatic carbocycles. The second-order valence-electron chi connectivity index (χ2n) is 6.20. The third-order valence-electron chi connectivity index (χ3n) is 4.00. The molecule has 128 valence electrons. The Labute approximate surface area is 146 Å².